The lowest BCUT2D eigenvalue weighted by molar-refractivity contribution is -0.113. The van der Waals surface area contributed by atoms with Crippen LogP contribution in [0.15, 0.2) is 0 Å². The van der Waals surface area contributed by atoms with Gasteiger partial charge in [0.2, 0.25) is 0 Å². The zero-order valence-electron chi connectivity index (χ0n) is 4.83. The third kappa shape index (κ3) is 4.15. The molecule has 0 saturated heterocycles. The minimum Gasteiger partial charge on any atom is -0.385 e. The van der Waals surface area contributed by atoms with Gasteiger partial charge in [0.1, 0.15) is 12.4 Å². The standard InChI is InChI=1S/C5H10O2S/c1-2-8-4-5(7)3-6/h3,5,7H,2,4H2,1H3. The fraction of sp³-hybridized carbons (Fsp3) is 0.800. The monoisotopic (exact) mass is 134 g/mol. The molecule has 0 spiro atoms. The van der Waals surface area contributed by atoms with Crippen molar-refractivity contribution in [3.05, 3.63) is 0 Å². The van der Waals surface area contributed by atoms with Gasteiger partial charge in [0.05, 0.1) is 0 Å². The van der Waals surface area contributed by atoms with Gasteiger partial charge in [-0.1, -0.05) is 6.92 Å². The van der Waals surface area contributed by atoms with E-state index in [9.17, 15) is 4.79 Å². The van der Waals surface area contributed by atoms with Crippen molar-refractivity contribution in [1.29, 1.82) is 0 Å². The quantitative estimate of drug-likeness (QED) is 0.562. The summed E-state index contributed by atoms with van der Waals surface area (Å²) in [5.74, 6) is 1.48. The first kappa shape index (κ1) is 7.98. The fourth-order valence-electron chi connectivity index (χ4n) is 0.278. The van der Waals surface area contributed by atoms with Crippen LogP contribution >= 0.6 is 11.8 Å². The first-order chi connectivity index (χ1) is 3.81. The summed E-state index contributed by atoms with van der Waals surface area (Å²) in [5, 5.41) is 8.60. The summed E-state index contributed by atoms with van der Waals surface area (Å²) in [6.45, 7) is 1.99. The zero-order valence-corrected chi connectivity index (χ0v) is 5.65. The van der Waals surface area contributed by atoms with Crippen LogP contribution in [-0.4, -0.2) is 29.0 Å². The molecule has 0 rings (SSSR count). The second kappa shape index (κ2) is 5.12. The van der Waals surface area contributed by atoms with Gasteiger partial charge in [0.15, 0.2) is 0 Å². The van der Waals surface area contributed by atoms with Gasteiger partial charge in [-0.3, -0.25) is 0 Å². The number of hydrogen-bond donors (Lipinski definition) is 1. The average Bonchev–Trinajstić information content (AvgIpc) is 1.83. The number of aliphatic hydroxyl groups is 1. The van der Waals surface area contributed by atoms with E-state index in [0.717, 1.165) is 5.75 Å². The molecule has 0 aromatic carbocycles. The van der Waals surface area contributed by atoms with Crippen molar-refractivity contribution in [2.24, 2.45) is 0 Å². The molecule has 0 bridgehead atoms. The van der Waals surface area contributed by atoms with E-state index in [0.29, 0.717) is 12.0 Å². The fourth-order valence-corrected chi connectivity index (χ4v) is 0.834. The Hall–Kier alpha value is -0.0200. The Balaban J connectivity index is 2.98. The van der Waals surface area contributed by atoms with Crippen LogP contribution in [0.2, 0.25) is 0 Å². The Labute approximate surface area is 53.3 Å². The summed E-state index contributed by atoms with van der Waals surface area (Å²) in [6, 6.07) is 0. The Morgan fingerprint density at radius 2 is 2.50 bits per heavy atom. The molecule has 8 heavy (non-hydrogen) atoms. The van der Waals surface area contributed by atoms with E-state index < -0.39 is 6.10 Å². The summed E-state index contributed by atoms with van der Waals surface area (Å²) >= 11 is 1.56. The van der Waals surface area contributed by atoms with Crippen molar-refractivity contribution in [2.75, 3.05) is 11.5 Å². The highest BCUT2D eigenvalue weighted by atomic mass is 32.2. The predicted octanol–water partition coefficient (Wildman–Crippen LogP) is 0.299. The first-order valence-corrected chi connectivity index (χ1v) is 3.67. The lowest BCUT2D eigenvalue weighted by Crippen LogP contribution is -2.10. The van der Waals surface area contributed by atoms with Gasteiger partial charge in [-0.2, -0.15) is 11.8 Å². The van der Waals surface area contributed by atoms with Crippen LogP contribution in [0.3, 0.4) is 0 Å². The number of rotatable bonds is 4. The number of thioether (sulfide) groups is 1. The van der Waals surface area contributed by atoms with Crippen LogP contribution in [0.25, 0.3) is 0 Å². The minimum absolute atomic E-state index is 0.528. The van der Waals surface area contributed by atoms with Gasteiger partial charge in [0, 0.05) is 5.75 Å². The van der Waals surface area contributed by atoms with Gasteiger partial charge in [-0.25, -0.2) is 0 Å². The Kier molecular flexibility index (Phi) is 5.11. The number of carbonyl (C=O) groups excluding carboxylic acids is 1. The lowest BCUT2D eigenvalue weighted by Gasteiger charge is -1.97. The van der Waals surface area contributed by atoms with Crippen LogP contribution < -0.4 is 0 Å². The number of aliphatic hydroxyl groups excluding tert-OH is 1. The van der Waals surface area contributed by atoms with E-state index in [4.69, 9.17) is 5.11 Å². The lowest BCUT2D eigenvalue weighted by atomic mass is 10.5. The van der Waals surface area contributed by atoms with E-state index in [1.165, 1.54) is 0 Å². The Morgan fingerprint density at radius 1 is 1.88 bits per heavy atom. The summed E-state index contributed by atoms with van der Waals surface area (Å²) in [5.41, 5.74) is 0. The molecular weight excluding hydrogens is 124 g/mol. The summed E-state index contributed by atoms with van der Waals surface area (Å²) in [6.07, 6.45) is -0.206. The van der Waals surface area contributed by atoms with E-state index in [1.807, 2.05) is 6.92 Å². The van der Waals surface area contributed by atoms with Crippen molar-refractivity contribution in [3.63, 3.8) is 0 Å². The van der Waals surface area contributed by atoms with E-state index in [1.54, 1.807) is 11.8 Å². The Bertz CT molecular complexity index is 65.4. The van der Waals surface area contributed by atoms with E-state index >= 15 is 0 Å². The number of hydrogen-bond acceptors (Lipinski definition) is 3. The van der Waals surface area contributed by atoms with Crippen LogP contribution in [0, 0.1) is 0 Å². The van der Waals surface area contributed by atoms with Gasteiger partial charge in [0.25, 0.3) is 0 Å². The van der Waals surface area contributed by atoms with Crippen LogP contribution in [0.5, 0.6) is 0 Å². The second-order valence-corrected chi connectivity index (χ2v) is 2.68. The van der Waals surface area contributed by atoms with Crippen LogP contribution in [-0.2, 0) is 4.79 Å². The predicted molar refractivity (Wildman–Crippen MR) is 35.1 cm³/mol. The molecule has 1 atom stereocenters. The molecule has 1 unspecified atom stereocenters. The molecule has 0 radical (unpaired) electrons. The second-order valence-electron chi connectivity index (χ2n) is 1.36. The molecule has 1 N–H and O–H groups in total. The summed E-state index contributed by atoms with van der Waals surface area (Å²) < 4.78 is 0. The Morgan fingerprint density at radius 3 is 2.88 bits per heavy atom. The molecule has 0 aliphatic carbocycles. The average molecular weight is 134 g/mol. The van der Waals surface area contributed by atoms with Crippen molar-refractivity contribution in [1.82, 2.24) is 0 Å². The first-order valence-electron chi connectivity index (χ1n) is 2.52. The maximum atomic E-state index is 9.75. The molecule has 0 aliphatic heterocycles. The molecule has 2 nitrogen and oxygen atoms in total. The topological polar surface area (TPSA) is 37.3 Å². The van der Waals surface area contributed by atoms with Crippen LogP contribution in [0.1, 0.15) is 6.92 Å². The zero-order chi connectivity index (χ0) is 6.41. The maximum Gasteiger partial charge on any atom is 0.149 e. The van der Waals surface area contributed by atoms with Crippen molar-refractivity contribution < 1.29 is 9.90 Å². The highest BCUT2D eigenvalue weighted by Gasteiger charge is 1.97. The van der Waals surface area contributed by atoms with Gasteiger partial charge < -0.3 is 9.90 Å². The van der Waals surface area contributed by atoms with Gasteiger partial charge in [-0.15, -0.1) is 0 Å². The smallest absolute Gasteiger partial charge is 0.149 e. The van der Waals surface area contributed by atoms with Gasteiger partial charge in [-0.05, 0) is 5.75 Å². The van der Waals surface area contributed by atoms with E-state index in [-0.39, 0.29) is 0 Å². The largest absolute Gasteiger partial charge is 0.385 e. The summed E-state index contributed by atoms with van der Waals surface area (Å²) in [4.78, 5) is 9.75. The number of aldehydes is 1. The van der Waals surface area contributed by atoms with Crippen molar-refractivity contribution in [2.45, 2.75) is 13.0 Å². The SMILES string of the molecule is CCSCC(O)C=O. The molecule has 0 saturated carbocycles. The molecule has 0 aliphatic rings. The van der Waals surface area contributed by atoms with E-state index in [2.05, 4.69) is 0 Å². The summed E-state index contributed by atoms with van der Waals surface area (Å²) in [7, 11) is 0. The van der Waals surface area contributed by atoms with Gasteiger partial charge >= 0.3 is 0 Å². The minimum atomic E-state index is -0.764. The molecule has 3 heteroatoms. The number of carbonyl (C=O) groups is 1. The third-order valence-electron chi connectivity index (χ3n) is 0.650. The maximum absolute atomic E-state index is 9.75. The van der Waals surface area contributed by atoms with Crippen molar-refractivity contribution >= 4 is 18.0 Å². The molecular formula is C5H10O2S. The molecule has 0 aromatic rings. The molecule has 0 amide bonds. The highest BCUT2D eigenvalue weighted by molar-refractivity contribution is 7.99. The third-order valence-corrected chi connectivity index (χ3v) is 1.64. The van der Waals surface area contributed by atoms with Crippen molar-refractivity contribution in [3.8, 4) is 0 Å². The molecule has 0 aromatic heterocycles. The highest BCUT2D eigenvalue weighted by Crippen LogP contribution is 1.98. The van der Waals surface area contributed by atoms with Crippen LogP contribution in [0.4, 0.5) is 0 Å². The molecule has 0 fully saturated rings. The molecule has 48 valence electrons. The normalized spacial score (nSPS) is 13.2. The molecule has 0 heterocycles.